The number of fused-ring (bicyclic) bond motifs is 1. The van der Waals surface area contributed by atoms with Crippen LogP contribution >= 0.6 is 0 Å². The van der Waals surface area contributed by atoms with Crippen molar-refractivity contribution in [2.75, 3.05) is 0 Å². The van der Waals surface area contributed by atoms with Gasteiger partial charge >= 0.3 is 0 Å². The standard InChI is InChI=1S/C30H42O/c1-3-5-11-24-12-7-6-8-14-26(22-24)29-21-18-25-13-9-10-15-28(25)30(29)31-27-19-16-23(4-2)17-20-27/h9-10,13,15-17,19-20,24,26,29-30H,3-8,11-12,14,18,21-22H2,1-2H3. The fraction of sp³-hybridized carbons (Fsp3) is 0.600. The number of hydrogen-bond donors (Lipinski definition) is 0. The molecular weight excluding hydrogens is 376 g/mol. The summed E-state index contributed by atoms with van der Waals surface area (Å²) < 4.78 is 6.84. The average Bonchev–Trinajstić information content (AvgIpc) is 2.79. The molecule has 1 heteroatoms. The Labute approximate surface area is 190 Å². The van der Waals surface area contributed by atoms with E-state index in [0.29, 0.717) is 5.92 Å². The second-order valence-corrected chi connectivity index (χ2v) is 10.1. The lowest BCUT2D eigenvalue weighted by atomic mass is 9.69. The van der Waals surface area contributed by atoms with Gasteiger partial charge in [0.05, 0.1) is 0 Å². The normalized spacial score (nSPS) is 26.5. The van der Waals surface area contributed by atoms with Crippen LogP contribution in [0.3, 0.4) is 0 Å². The molecule has 1 saturated carbocycles. The van der Waals surface area contributed by atoms with Crippen LogP contribution in [0.2, 0.25) is 0 Å². The third kappa shape index (κ3) is 5.73. The minimum absolute atomic E-state index is 0.202. The third-order valence-corrected chi connectivity index (χ3v) is 7.99. The summed E-state index contributed by atoms with van der Waals surface area (Å²) in [7, 11) is 0. The van der Waals surface area contributed by atoms with Crippen molar-refractivity contribution in [1.29, 1.82) is 0 Å². The second kappa shape index (κ2) is 11.2. The topological polar surface area (TPSA) is 9.23 Å². The van der Waals surface area contributed by atoms with E-state index in [0.717, 1.165) is 24.0 Å². The van der Waals surface area contributed by atoms with Crippen molar-refractivity contribution < 1.29 is 4.74 Å². The Morgan fingerprint density at radius 1 is 0.871 bits per heavy atom. The highest BCUT2D eigenvalue weighted by molar-refractivity contribution is 5.34. The lowest BCUT2D eigenvalue weighted by Crippen LogP contribution is -2.32. The van der Waals surface area contributed by atoms with Crippen LogP contribution in [0.25, 0.3) is 0 Å². The summed E-state index contributed by atoms with van der Waals surface area (Å²) in [6, 6.07) is 17.9. The molecule has 0 aromatic heterocycles. The van der Waals surface area contributed by atoms with E-state index in [-0.39, 0.29) is 6.10 Å². The zero-order valence-electron chi connectivity index (χ0n) is 19.8. The third-order valence-electron chi connectivity index (χ3n) is 7.99. The van der Waals surface area contributed by atoms with Gasteiger partial charge < -0.3 is 4.74 Å². The summed E-state index contributed by atoms with van der Waals surface area (Å²) in [5.74, 6) is 3.41. The van der Waals surface area contributed by atoms with Gasteiger partial charge in [-0.2, -0.15) is 0 Å². The molecule has 0 radical (unpaired) electrons. The average molecular weight is 419 g/mol. The number of unbranched alkanes of at least 4 members (excludes halogenated alkanes) is 1. The van der Waals surface area contributed by atoms with Gasteiger partial charge in [0.25, 0.3) is 0 Å². The highest BCUT2D eigenvalue weighted by Gasteiger charge is 2.37. The first-order chi connectivity index (χ1) is 15.3. The number of rotatable bonds is 7. The summed E-state index contributed by atoms with van der Waals surface area (Å²) >= 11 is 0. The molecule has 1 fully saturated rings. The highest BCUT2D eigenvalue weighted by atomic mass is 16.5. The molecule has 4 atom stereocenters. The first-order valence-corrected chi connectivity index (χ1v) is 13.1. The van der Waals surface area contributed by atoms with Gasteiger partial charge in [-0.25, -0.2) is 0 Å². The molecule has 2 aromatic rings. The Balaban J connectivity index is 1.58. The monoisotopic (exact) mass is 418 g/mol. The second-order valence-electron chi connectivity index (χ2n) is 10.1. The molecule has 168 valence electrons. The Bertz CT molecular complexity index is 790. The fourth-order valence-corrected chi connectivity index (χ4v) is 6.15. The molecule has 2 aliphatic carbocycles. The molecule has 0 aliphatic heterocycles. The van der Waals surface area contributed by atoms with Crippen LogP contribution in [0.4, 0.5) is 0 Å². The summed E-state index contributed by atoms with van der Waals surface area (Å²) in [5.41, 5.74) is 4.33. The van der Waals surface area contributed by atoms with Crippen LogP contribution in [0, 0.1) is 17.8 Å². The maximum atomic E-state index is 6.84. The molecule has 31 heavy (non-hydrogen) atoms. The summed E-state index contributed by atoms with van der Waals surface area (Å²) in [6.07, 6.45) is 16.5. The van der Waals surface area contributed by atoms with E-state index in [1.165, 1.54) is 87.3 Å². The number of ether oxygens (including phenoxy) is 1. The molecule has 2 aromatic carbocycles. The molecule has 0 spiro atoms. The summed E-state index contributed by atoms with van der Waals surface area (Å²) in [5, 5.41) is 0. The first-order valence-electron chi connectivity index (χ1n) is 13.1. The lowest BCUT2D eigenvalue weighted by molar-refractivity contribution is 0.0591. The van der Waals surface area contributed by atoms with E-state index >= 15 is 0 Å². The molecule has 0 bridgehead atoms. The van der Waals surface area contributed by atoms with Crippen LogP contribution < -0.4 is 4.74 Å². The van der Waals surface area contributed by atoms with Crippen LogP contribution in [-0.4, -0.2) is 0 Å². The predicted molar refractivity (Wildman–Crippen MR) is 132 cm³/mol. The minimum atomic E-state index is 0.202. The number of aryl methyl sites for hydroxylation is 2. The maximum Gasteiger partial charge on any atom is 0.127 e. The molecule has 2 aliphatic rings. The van der Waals surface area contributed by atoms with Crippen molar-refractivity contribution in [3.8, 4) is 5.75 Å². The van der Waals surface area contributed by atoms with E-state index in [4.69, 9.17) is 4.74 Å². The Hall–Kier alpha value is -1.76. The summed E-state index contributed by atoms with van der Waals surface area (Å²) in [4.78, 5) is 0. The van der Waals surface area contributed by atoms with Crippen LogP contribution in [0.5, 0.6) is 5.75 Å². The van der Waals surface area contributed by atoms with E-state index in [9.17, 15) is 0 Å². The van der Waals surface area contributed by atoms with Gasteiger partial charge in [-0.3, -0.25) is 0 Å². The van der Waals surface area contributed by atoms with Crippen LogP contribution in [0.15, 0.2) is 48.5 Å². The van der Waals surface area contributed by atoms with Crippen molar-refractivity contribution >= 4 is 0 Å². The van der Waals surface area contributed by atoms with Gasteiger partial charge in [-0.1, -0.05) is 102 Å². The quantitative estimate of drug-likeness (QED) is 0.437. The lowest BCUT2D eigenvalue weighted by Gasteiger charge is -2.40. The van der Waals surface area contributed by atoms with Crippen LogP contribution in [0.1, 0.15) is 101 Å². The van der Waals surface area contributed by atoms with Gasteiger partial charge in [0.1, 0.15) is 11.9 Å². The Morgan fingerprint density at radius 3 is 2.48 bits per heavy atom. The van der Waals surface area contributed by atoms with E-state index < -0.39 is 0 Å². The van der Waals surface area contributed by atoms with Crippen molar-refractivity contribution in [2.24, 2.45) is 17.8 Å². The van der Waals surface area contributed by atoms with Crippen molar-refractivity contribution in [3.05, 3.63) is 65.2 Å². The first kappa shape index (κ1) is 22.4. The van der Waals surface area contributed by atoms with Crippen LogP contribution in [-0.2, 0) is 12.8 Å². The molecule has 0 N–H and O–H groups in total. The van der Waals surface area contributed by atoms with Gasteiger partial charge in [0.2, 0.25) is 0 Å². The van der Waals surface area contributed by atoms with Gasteiger partial charge in [0.15, 0.2) is 0 Å². The molecule has 0 heterocycles. The minimum Gasteiger partial charge on any atom is -0.485 e. The molecule has 4 rings (SSSR count). The van der Waals surface area contributed by atoms with Crippen molar-refractivity contribution in [3.63, 3.8) is 0 Å². The maximum absolute atomic E-state index is 6.84. The van der Waals surface area contributed by atoms with Crippen molar-refractivity contribution in [1.82, 2.24) is 0 Å². The van der Waals surface area contributed by atoms with Crippen molar-refractivity contribution in [2.45, 2.75) is 97.0 Å². The van der Waals surface area contributed by atoms with Gasteiger partial charge in [0, 0.05) is 5.92 Å². The highest BCUT2D eigenvalue weighted by Crippen LogP contribution is 2.46. The number of benzene rings is 2. The largest absolute Gasteiger partial charge is 0.485 e. The molecular formula is C30H42O. The fourth-order valence-electron chi connectivity index (χ4n) is 6.15. The smallest absolute Gasteiger partial charge is 0.127 e. The zero-order valence-corrected chi connectivity index (χ0v) is 19.8. The molecule has 0 saturated heterocycles. The predicted octanol–water partition coefficient (Wildman–Crippen LogP) is 8.71. The van der Waals surface area contributed by atoms with Gasteiger partial charge in [-0.15, -0.1) is 0 Å². The molecule has 0 amide bonds. The Morgan fingerprint density at radius 2 is 1.68 bits per heavy atom. The van der Waals surface area contributed by atoms with E-state index in [1.54, 1.807) is 0 Å². The summed E-state index contributed by atoms with van der Waals surface area (Å²) in [6.45, 7) is 4.55. The zero-order chi connectivity index (χ0) is 21.5. The van der Waals surface area contributed by atoms with E-state index in [1.807, 2.05) is 0 Å². The van der Waals surface area contributed by atoms with Gasteiger partial charge in [-0.05, 0) is 66.3 Å². The molecule has 4 unspecified atom stereocenters. The molecule has 1 nitrogen and oxygen atoms in total. The van der Waals surface area contributed by atoms with E-state index in [2.05, 4.69) is 62.4 Å². The Kier molecular flexibility index (Phi) is 8.11. The SMILES string of the molecule is CCCCC1CCCCCC(C2CCc3ccccc3C2Oc2ccc(CC)cc2)C1. The number of hydrogen-bond acceptors (Lipinski definition) is 1.